The van der Waals surface area contributed by atoms with Gasteiger partial charge < -0.3 is 10.6 Å². The maximum absolute atomic E-state index is 11.9. The fraction of sp³-hybridized carbons (Fsp3) is 0.273. The average Bonchev–Trinajstić information content (AvgIpc) is 2.77. The molecule has 0 saturated carbocycles. The quantitative estimate of drug-likeness (QED) is 0.717. The number of primary sulfonamides is 1. The Bertz CT molecular complexity index is 674. The van der Waals surface area contributed by atoms with Crippen LogP contribution in [0.2, 0.25) is 0 Å². The van der Waals surface area contributed by atoms with Crippen molar-refractivity contribution in [3.05, 3.63) is 22.7 Å². The number of nitrogens with two attached hydrogens (primary N) is 1. The number of benzene rings is 1. The van der Waals surface area contributed by atoms with Crippen LogP contribution in [0.3, 0.4) is 0 Å². The molecule has 2 rings (SSSR count). The van der Waals surface area contributed by atoms with Gasteiger partial charge in [-0.25, -0.2) is 13.6 Å². The normalized spacial score (nSPS) is 18.7. The minimum absolute atomic E-state index is 0.0588. The van der Waals surface area contributed by atoms with Gasteiger partial charge in [0.25, 0.3) is 0 Å². The van der Waals surface area contributed by atoms with Crippen LogP contribution in [0.1, 0.15) is 12.8 Å². The smallest absolute Gasteiger partial charge is 0.246 e. The van der Waals surface area contributed by atoms with E-state index in [0.29, 0.717) is 23.0 Å². The third-order valence-electron chi connectivity index (χ3n) is 2.84. The molecule has 1 aromatic rings. The number of amides is 2. The summed E-state index contributed by atoms with van der Waals surface area (Å²) in [7, 11) is -3.79. The molecule has 0 aromatic heterocycles. The minimum Gasteiger partial charge on any atom is -0.344 e. The lowest BCUT2D eigenvalue weighted by Crippen LogP contribution is -2.37. The number of nitrogens with one attached hydrogen (secondary N) is 2. The third-order valence-corrected chi connectivity index (χ3v) is 4.41. The van der Waals surface area contributed by atoms with Crippen molar-refractivity contribution in [2.45, 2.75) is 23.8 Å². The Balaban J connectivity index is 2.14. The molecule has 1 heterocycles. The van der Waals surface area contributed by atoms with Gasteiger partial charge >= 0.3 is 0 Å². The summed E-state index contributed by atoms with van der Waals surface area (Å²) < 4.78 is 22.8. The lowest BCUT2D eigenvalue weighted by Gasteiger charge is -2.12. The van der Waals surface area contributed by atoms with Crippen LogP contribution in [-0.2, 0) is 19.6 Å². The first-order chi connectivity index (χ1) is 9.27. The van der Waals surface area contributed by atoms with Crippen molar-refractivity contribution in [1.82, 2.24) is 5.32 Å². The summed E-state index contributed by atoms with van der Waals surface area (Å²) in [4.78, 5) is 22.9. The van der Waals surface area contributed by atoms with Crippen molar-refractivity contribution in [2.24, 2.45) is 5.14 Å². The Morgan fingerprint density at radius 1 is 1.45 bits per heavy atom. The van der Waals surface area contributed by atoms with E-state index in [-0.39, 0.29) is 16.7 Å². The van der Waals surface area contributed by atoms with E-state index in [2.05, 4.69) is 26.6 Å². The van der Waals surface area contributed by atoms with Gasteiger partial charge in [0.05, 0.1) is 10.6 Å². The van der Waals surface area contributed by atoms with Gasteiger partial charge in [-0.2, -0.15) is 0 Å². The molecule has 1 aliphatic heterocycles. The summed E-state index contributed by atoms with van der Waals surface area (Å²) in [6, 6.07) is 3.46. The zero-order valence-corrected chi connectivity index (χ0v) is 12.6. The van der Waals surface area contributed by atoms with E-state index in [4.69, 9.17) is 5.14 Å². The molecule has 20 heavy (non-hydrogen) atoms. The molecular formula is C11H12BrN3O4S. The summed E-state index contributed by atoms with van der Waals surface area (Å²) in [5, 5.41) is 10.2. The van der Waals surface area contributed by atoms with E-state index in [9.17, 15) is 18.0 Å². The van der Waals surface area contributed by atoms with Crippen molar-refractivity contribution in [1.29, 1.82) is 0 Å². The fourth-order valence-corrected chi connectivity index (χ4v) is 2.97. The van der Waals surface area contributed by atoms with Gasteiger partial charge in [0.15, 0.2) is 0 Å². The van der Waals surface area contributed by atoms with Gasteiger partial charge in [-0.15, -0.1) is 0 Å². The van der Waals surface area contributed by atoms with Crippen LogP contribution in [0.5, 0.6) is 0 Å². The first kappa shape index (κ1) is 14.9. The van der Waals surface area contributed by atoms with Gasteiger partial charge in [0, 0.05) is 10.9 Å². The monoisotopic (exact) mass is 361 g/mol. The Labute approximate surface area is 124 Å². The van der Waals surface area contributed by atoms with Gasteiger partial charge in [0.2, 0.25) is 21.8 Å². The second-order valence-electron chi connectivity index (χ2n) is 4.33. The number of sulfonamides is 1. The topological polar surface area (TPSA) is 118 Å². The SMILES string of the molecule is NS(=O)(=O)c1ccc(NC(=O)[C@H]2CCC(=O)N2)c(Br)c1. The molecule has 1 aromatic carbocycles. The van der Waals surface area contributed by atoms with Crippen LogP contribution in [0.15, 0.2) is 27.6 Å². The highest BCUT2D eigenvalue weighted by molar-refractivity contribution is 9.10. The number of anilines is 1. The summed E-state index contributed by atoms with van der Waals surface area (Å²) >= 11 is 3.17. The zero-order valence-electron chi connectivity index (χ0n) is 10.2. The van der Waals surface area contributed by atoms with Gasteiger partial charge in [-0.05, 0) is 40.5 Å². The van der Waals surface area contributed by atoms with Crippen molar-refractivity contribution in [3.8, 4) is 0 Å². The largest absolute Gasteiger partial charge is 0.344 e. The van der Waals surface area contributed by atoms with Gasteiger partial charge in [-0.1, -0.05) is 0 Å². The van der Waals surface area contributed by atoms with Gasteiger partial charge in [-0.3, -0.25) is 9.59 Å². The maximum Gasteiger partial charge on any atom is 0.246 e. The Morgan fingerprint density at radius 3 is 2.65 bits per heavy atom. The number of hydrogen-bond acceptors (Lipinski definition) is 4. The second kappa shape index (κ2) is 5.51. The van der Waals surface area contributed by atoms with Crippen LogP contribution in [-0.4, -0.2) is 26.3 Å². The van der Waals surface area contributed by atoms with E-state index in [1.54, 1.807) is 0 Å². The minimum atomic E-state index is -3.79. The molecule has 2 amide bonds. The predicted octanol–water partition coefficient (Wildman–Crippen LogP) is 0.314. The van der Waals surface area contributed by atoms with Crippen molar-refractivity contribution in [2.75, 3.05) is 5.32 Å². The van der Waals surface area contributed by atoms with Crippen LogP contribution in [0, 0.1) is 0 Å². The second-order valence-corrected chi connectivity index (χ2v) is 6.75. The molecule has 1 saturated heterocycles. The Hall–Kier alpha value is -1.45. The molecule has 4 N–H and O–H groups in total. The third kappa shape index (κ3) is 3.35. The highest BCUT2D eigenvalue weighted by atomic mass is 79.9. The van der Waals surface area contributed by atoms with E-state index in [1.807, 2.05) is 0 Å². The molecule has 7 nitrogen and oxygen atoms in total. The van der Waals surface area contributed by atoms with Crippen LogP contribution in [0.25, 0.3) is 0 Å². The molecule has 0 radical (unpaired) electrons. The molecule has 108 valence electrons. The van der Waals surface area contributed by atoms with E-state index < -0.39 is 16.1 Å². The lowest BCUT2D eigenvalue weighted by molar-refractivity contribution is -0.122. The highest BCUT2D eigenvalue weighted by Gasteiger charge is 2.27. The lowest BCUT2D eigenvalue weighted by atomic mass is 10.2. The maximum atomic E-state index is 11.9. The Morgan fingerprint density at radius 2 is 2.15 bits per heavy atom. The molecule has 1 aliphatic rings. The molecule has 0 aliphatic carbocycles. The fourth-order valence-electron chi connectivity index (χ4n) is 1.80. The van der Waals surface area contributed by atoms with Crippen LogP contribution >= 0.6 is 15.9 Å². The zero-order chi connectivity index (χ0) is 14.9. The molecule has 0 unspecified atom stereocenters. The van der Waals surface area contributed by atoms with E-state index in [1.165, 1.54) is 18.2 Å². The molecule has 1 fully saturated rings. The summed E-state index contributed by atoms with van der Waals surface area (Å²) in [5.41, 5.74) is 0.406. The first-order valence-electron chi connectivity index (χ1n) is 5.70. The average molecular weight is 362 g/mol. The number of hydrogen-bond donors (Lipinski definition) is 3. The number of carbonyl (C=O) groups is 2. The molecule has 1 atom stereocenters. The summed E-state index contributed by atoms with van der Waals surface area (Å²) in [6.07, 6.45) is 0.765. The number of rotatable bonds is 3. The van der Waals surface area contributed by atoms with Crippen LogP contribution in [0.4, 0.5) is 5.69 Å². The molecule has 9 heteroatoms. The molecular weight excluding hydrogens is 350 g/mol. The predicted molar refractivity (Wildman–Crippen MR) is 75.3 cm³/mol. The van der Waals surface area contributed by atoms with Crippen molar-refractivity contribution >= 4 is 43.5 Å². The van der Waals surface area contributed by atoms with Crippen molar-refractivity contribution in [3.63, 3.8) is 0 Å². The Kier molecular flexibility index (Phi) is 4.11. The summed E-state index contributed by atoms with van der Waals surface area (Å²) in [5.74, 6) is -0.506. The van der Waals surface area contributed by atoms with E-state index in [0.717, 1.165) is 0 Å². The van der Waals surface area contributed by atoms with E-state index >= 15 is 0 Å². The highest BCUT2D eigenvalue weighted by Crippen LogP contribution is 2.25. The standard InChI is InChI=1S/C11H12BrN3O4S/c12-7-5-6(20(13,18)19)1-2-8(7)15-11(17)9-3-4-10(16)14-9/h1-2,5,9H,3-4H2,(H,14,16)(H,15,17)(H2,13,18,19)/t9-/m1/s1. The number of halogens is 1. The van der Waals surface area contributed by atoms with Gasteiger partial charge in [0.1, 0.15) is 6.04 Å². The summed E-state index contributed by atoms with van der Waals surface area (Å²) in [6.45, 7) is 0. The molecule has 0 bridgehead atoms. The van der Waals surface area contributed by atoms with Crippen LogP contribution < -0.4 is 15.8 Å². The molecule has 0 spiro atoms. The first-order valence-corrected chi connectivity index (χ1v) is 8.04. The number of carbonyl (C=O) groups excluding carboxylic acids is 2. The van der Waals surface area contributed by atoms with Crippen molar-refractivity contribution < 1.29 is 18.0 Å².